The second-order valence-corrected chi connectivity index (χ2v) is 6.91. The Bertz CT molecular complexity index is 451. The zero-order valence-electron chi connectivity index (χ0n) is 11.7. The van der Waals surface area contributed by atoms with Crippen LogP contribution >= 0.6 is 31.9 Å². The van der Waals surface area contributed by atoms with Crippen molar-refractivity contribution in [2.24, 2.45) is 0 Å². The van der Waals surface area contributed by atoms with Crippen LogP contribution in [0.25, 0.3) is 0 Å². The molecule has 1 aliphatic rings. The third kappa shape index (κ3) is 3.98. The van der Waals surface area contributed by atoms with E-state index in [2.05, 4.69) is 37.2 Å². The van der Waals surface area contributed by atoms with Crippen LogP contribution < -0.4 is 5.32 Å². The van der Waals surface area contributed by atoms with Crippen molar-refractivity contribution in [1.82, 2.24) is 4.90 Å². The van der Waals surface area contributed by atoms with Gasteiger partial charge in [0.2, 0.25) is 5.91 Å². The summed E-state index contributed by atoms with van der Waals surface area (Å²) in [6.07, 6.45) is 4.72. The van der Waals surface area contributed by atoms with E-state index in [1.165, 1.54) is 12.8 Å². The average molecular weight is 404 g/mol. The highest BCUT2D eigenvalue weighted by Gasteiger charge is 2.22. The molecule has 2 rings (SSSR count). The molecule has 1 heterocycles. The summed E-state index contributed by atoms with van der Waals surface area (Å²) in [6.45, 7) is 3.71. The molecule has 1 amide bonds. The standard InChI is InChI=1S/C15H20Br2N2O/c1-11(15(20)19-9-4-2-3-5-10-19)18-14-12(16)7-6-8-13(14)17/h6-8,11,18H,2-5,9-10H2,1H3. The van der Waals surface area contributed by atoms with Crippen molar-refractivity contribution in [2.75, 3.05) is 18.4 Å². The fourth-order valence-electron chi connectivity index (χ4n) is 2.48. The summed E-state index contributed by atoms with van der Waals surface area (Å²) < 4.78 is 1.92. The highest BCUT2D eigenvalue weighted by Crippen LogP contribution is 2.31. The van der Waals surface area contributed by atoms with Gasteiger partial charge in [0, 0.05) is 22.0 Å². The first-order chi connectivity index (χ1) is 9.59. The summed E-state index contributed by atoms with van der Waals surface area (Å²) in [5, 5.41) is 3.31. The van der Waals surface area contributed by atoms with Crippen molar-refractivity contribution >= 4 is 43.5 Å². The Morgan fingerprint density at radius 1 is 1.15 bits per heavy atom. The predicted octanol–water partition coefficient (Wildman–Crippen LogP) is 4.41. The lowest BCUT2D eigenvalue weighted by Gasteiger charge is -2.25. The van der Waals surface area contributed by atoms with E-state index in [9.17, 15) is 4.79 Å². The second-order valence-electron chi connectivity index (χ2n) is 5.20. The van der Waals surface area contributed by atoms with Gasteiger partial charge in [-0.05, 0) is 63.8 Å². The molecule has 110 valence electrons. The number of halogens is 2. The number of nitrogens with one attached hydrogen (secondary N) is 1. The van der Waals surface area contributed by atoms with Crippen molar-refractivity contribution in [2.45, 2.75) is 38.6 Å². The predicted molar refractivity (Wildman–Crippen MR) is 90.0 cm³/mol. The maximum atomic E-state index is 12.5. The second kappa shape index (κ2) is 7.46. The van der Waals surface area contributed by atoms with E-state index in [0.717, 1.165) is 40.6 Å². The Hall–Kier alpha value is -0.550. The summed E-state index contributed by atoms with van der Waals surface area (Å²) in [4.78, 5) is 14.5. The number of hydrogen-bond acceptors (Lipinski definition) is 2. The lowest BCUT2D eigenvalue weighted by molar-refractivity contribution is -0.131. The third-order valence-electron chi connectivity index (χ3n) is 3.61. The topological polar surface area (TPSA) is 32.3 Å². The molecule has 0 radical (unpaired) electrons. The summed E-state index contributed by atoms with van der Waals surface area (Å²) in [6, 6.07) is 5.68. The number of para-hydroxylation sites is 1. The van der Waals surface area contributed by atoms with Gasteiger partial charge in [0.15, 0.2) is 0 Å². The number of carbonyl (C=O) groups excluding carboxylic acids is 1. The van der Waals surface area contributed by atoms with E-state index in [1.807, 2.05) is 30.0 Å². The fourth-order valence-corrected chi connectivity index (χ4v) is 3.71. The number of carbonyl (C=O) groups is 1. The lowest BCUT2D eigenvalue weighted by atomic mass is 10.2. The number of anilines is 1. The van der Waals surface area contributed by atoms with Gasteiger partial charge in [-0.2, -0.15) is 0 Å². The van der Waals surface area contributed by atoms with Crippen LogP contribution in [0, 0.1) is 0 Å². The van der Waals surface area contributed by atoms with Crippen LogP contribution in [0.15, 0.2) is 27.1 Å². The highest BCUT2D eigenvalue weighted by atomic mass is 79.9. The van der Waals surface area contributed by atoms with Crippen molar-refractivity contribution < 1.29 is 4.79 Å². The van der Waals surface area contributed by atoms with E-state index in [-0.39, 0.29) is 11.9 Å². The van der Waals surface area contributed by atoms with Crippen molar-refractivity contribution in [1.29, 1.82) is 0 Å². The number of nitrogens with zero attached hydrogens (tertiary/aromatic N) is 1. The Morgan fingerprint density at radius 2 is 1.70 bits per heavy atom. The Morgan fingerprint density at radius 3 is 2.25 bits per heavy atom. The molecule has 3 nitrogen and oxygen atoms in total. The number of likely N-dealkylation sites (tertiary alicyclic amines) is 1. The van der Waals surface area contributed by atoms with E-state index < -0.39 is 0 Å². The van der Waals surface area contributed by atoms with Crippen LogP contribution in [-0.4, -0.2) is 29.9 Å². The number of amides is 1. The molecular formula is C15H20Br2N2O. The minimum Gasteiger partial charge on any atom is -0.372 e. The Kier molecular flexibility index (Phi) is 5.90. The summed E-state index contributed by atoms with van der Waals surface area (Å²) in [5.41, 5.74) is 0.933. The van der Waals surface area contributed by atoms with Gasteiger partial charge < -0.3 is 10.2 Å². The average Bonchev–Trinajstić information content (AvgIpc) is 2.71. The maximum absolute atomic E-state index is 12.5. The molecule has 5 heteroatoms. The minimum atomic E-state index is -0.219. The largest absolute Gasteiger partial charge is 0.372 e. The summed E-state index contributed by atoms with van der Waals surface area (Å²) in [5.74, 6) is 0.189. The van der Waals surface area contributed by atoms with Gasteiger partial charge >= 0.3 is 0 Å². The molecule has 1 aromatic carbocycles. The van der Waals surface area contributed by atoms with Gasteiger partial charge in [-0.25, -0.2) is 0 Å². The molecule has 1 atom stereocenters. The molecule has 1 aromatic rings. The molecule has 0 aliphatic carbocycles. The zero-order valence-corrected chi connectivity index (χ0v) is 14.8. The third-order valence-corrected chi connectivity index (χ3v) is 4.93. The van der Waals surface area contributed by atoms with Gasteiger partial charge in [0.05, 0.1) is 5.69 Å². The van der Waals surface area contributed by atoms with Crippen LogP contribution in [0.5, 0.6) is 0 Å². The molecule has 1 N–H and O–H groups in total. The molecule has 20 heavy (non-hydrogen) atoms. The number of benzene rings is 1. The summed E-state index contributed by atoms with van der Waals surface area (Å²) in [7, 11) is 0. The van der Waals surface area contributed by atoms with E-state index in [1.54, 1.807) is 0 Å². The normalized spacial score (nSPS) is 17.4. The van der Waals surface area contributed by atoms with Gasteiger partial charge in [0.1, 0.15) is 6.04 Å². The Balaban J connectivity index is 2.03. The first kappa shape index (κ1) is 15.8. The quantitative estimate of drug-likeness (QED) is 0.810. The molecular weight excluding hydrogens is 384 g/mol. The smallest absolute Gasteiger partial charge is 0.244 e. The number of hydrogen-bond donors (Lipinski definition) is 1. The first-order valence-corrected chi connectivity index (χ1v) is 8.67. The van der Waals surface area contributed by atoms with Crippen LogP contribution in [0.1, 0.15) is 32.6 Å². The monoisotopic (exact) mass is 402 g/mol. The Labute approximate surface area is 137 Å². The van der Waals surface area contributed by atoms with Crippen LogP contribution in [0.3, 0.4) is 0 Å². The molecule has 1 saturated heterocycles. The molecule has 0 spiro atoms. The molecule has 1 aliphatic heterocycles. The molecule has 0 bridgehead atoms. The zero-order chi connectivity index (χ0) is 14.5. The lowest BCUT2D eigenvalue weighted by Crippen LogP contribution is -2.42. The molecule has 0 aromatic heterocycles. The van der Waals surface area contributed by atoms with Gasteiger partial charge in [-0.15, -0.1) is 0 Å². The highest BCUT2D eigenvalue weighted by molar-refractivity contribution is 9.11. The summed E-state index contributed by atoms with van der Waals surface area (Å²) >= 11 is 7.03. The minimum absolute atomic E-state index is 0.189. The van der Waals surface area contributed by atoms with Crippen molar-refractivity contribution in [3.8, 4) is 0 Å². The van der Waals surface area contributed by atoms with Crippen LogP contribution in [0.4, 0.5) is 5.69 Å². The maximum Gasteiger partial charge on any atom is 0.244 e. The van der Waals surface area contributed by atoms with E-state index in [0.29, 0.717) is 0 Å². The molecule has 0 saturated carbocycles. The van der Waals surface area contributed by atoms with Gasteiger partial charge in [-0.1, -0.05) is 18.9 Å². The van der Waals surface area contributed by atoms with Crippen molar-refractivity contribution in [3.63, 3.8) is 0 Å². The molecule has 1 unspecified atom stereocenters. The van der Waals surface area contributed by atoms with Crippen LogP contribution in [-0.2, 0) is 4.79 Å². The van der Waals surface area contributed by atoms with Crippen molar-refractivity contribution in [3.05, 3.63) is 27.1 Å². The van der Waals surface area contributed by atoms with E-state index in [4.69, 9.17) is 0 Å². The SMILES string of the molecule is CC(Nc1c(Br)cccc1Br)C(=O)N1CCCCCC1. The van der Waals surface area contributed by atoms with Gasteiger partial charge in [-0.3, -0.25) is 4.79 Å². The molecule has 1 fully saturated rings. The number of rotatable bonds is 3. The van der Waals surface area contributed by atoms with Gasteiger partial charge in [0.25, 0.3) is 0 Å². The first-order valence-electron chi connectivity index (χ1n) is 7.09. The van der Waals surface area contributed by atoms with Crippen LogP contribution in [0.2, 0.25) is 0 Å². The fraction of sp³-hybridized carbons (Fsp3) is 0.533. The van der Waals surface area contributed by atoms with E-state index >= 15 is 0 Å².